The first-order valence-electron chi connectivity index (χ1n) is 10.3. The zero-order valence-corrected chi connectivity index (χ0v) is 17.2. The summed E-state index contributed by atoms with van der Waals surface area (Å²) in [5, 5.41) is 3.08. The number of pyridine rings is 1. The van der Waals surface area contributed by atoms with E-state index in [4.69, 9.17) is 0 Å². The number of nitrogens with one attached hydrogen (secondary N) is 1. The summed E-state index contributed by atoms with van der Waals surface area (Å²) >= 11 is 0. The van der Waals surface area contributed by atoms with Crippen LogP contribution < -0.4 is 10.2 Å². The van der Waals surface area contributed by atoms with Crippen molar-refractivity contribution in [3.05, 3.63) is 82.8 Å². The Labute approximate surface area is 172 Å². The molecular formula is C24H28N4O. The van der Waals surface area contributed by atoms with Gasteiger partial charge in [-0.3, -0.25) is 4.79 Å². The van der Waals surface area contributed by atoms with Crippen molar-refractivity contribution in [1.29, 1.82) is 0 Å². The highest BCUT2D eigenvalue weighted by molar-refractivity contribution is 5.95. The Kier molecular flexibility index (Phi) is 5.65. The van der Waals surface area contributed by atoms with Gasteiger partial charge in [-0.15, -0.1) is 0 Å². The fourth-order valence-electron chi connectivity index (χ4n) is 4.01. The van der Waals surface area contributed by atoms with Gasteiger partial charge in [-0.2, -0.15) is 0 Å². The van der Waals surface area contributed by atoms with E-state index in [2.05, 4.69) is 44.9 Å². The normalized spacial score (nSPS) is 13.7. The lowest BCUT2D eigenvalue weighted by molar-refractivity contribution is 0.0950. The Hall–Kier alpha value is -3.08. The third-order valence-electron chi connectivity index (χ3n) is 5.69. The van der Waals surface area contributed by atoms with Crippen LogP contribution in [0.4, 0.5) is 5.82 Å². The molecule has 1 fully saturated rings. The van der Waals surface area contributed by atoms with Crippen LogP contribution in [-0.2, 0) is 13.1 Å². The fraction of sp³-hybridized carbons (Fsp3) is 0.333. The van der Waals surface area contributed by atoms with Gasteiger partial charge in [-0.1, -0.05) is 30.3 Å². The molecule has 1 aromatic carbocycles. The Morgan fingerprint density at radius 1 is 1.03 bits per heavy atom. The summed E-state index contributed by atoms with van der Waals surface area (Å²) in [6.45, 7) is 7.48. The maximum absolute atomic E-state index is 12.8. The first-order chi connectivity index (χ1) is 14.1. The van der Waals surface area contributed by atoms with Gasteiger partial charge in [0.2, 0.25) is 0 Å². The summed E-state index contributed by atoms with van der Waals surface area (Å²) in [5.41, 5.74) is 5.14. The van der Waals surface area contributed by atoms with Crippen LogP contribution in [0.5, 0.6) is 0 Å². The lowest BCUT2D eigenvalue weighted by Gasteiger charge is -2.17. The molecule has 0 spiro atoms. The van der Waals surface area contributed by atoms with E-state index in [-0.39, 0.29) is 5.91 Å². The molecule has 0 atom stereocenters. The molecule has 0 saturated carbocycles. The third-order valence-corrected chi connectivity index (χ3v) is 5.69. The van der Waals surface area contributed by atoms with E-state index in [1.165, 1.54) is 18.4 Å². The van der Waals surface area contributed by atoms with Crippen LogP contribution >= 0.6 is 0 Å². The van der Waals surface area contributed by atoms with E-state index in [1.54, 1.807) is 0 Å². The smallest absolute Gasteiger partial charge is 0.253 e. The molecule has 3 aromatic rings. The van der Waals surface area contributed by atoms with Crippen LogP contribution in [-0.4, -0.2) is 28.5 Å². The summed E-state index contributed by atoms with van der Waals surface area (Å²) in [6.07, 6.45) is 4.28. The molecule has 1 saturated heterocycles. The van der Waals surface area contributed by atoms with Crippen LogP contribution in [0.25, 0.3) is 0 Å². The Morgan fingerprint density at radius 2 is 1.79 bits per heavy atom. The molecule has 5 nitrogen and oxygen atoms in total. The molecule has 1 N–H and O–H groups in total. The summed E-state index contributed by atoms with van der Waals surface area (Å²) in [4.78, 5) is 19.6. The van der Waals surface area contributed by atoms with Gasteiger partial charge < -0.3 is 14.8 Å². The first kappa shape index (κ1) is 19.2. The second kappa shape index (κ2) is 8.52. The van der Waals surface area contributed by atoms with Crippen LogP contribution in [0.15, 0.2) is 54.7 Å². The molecule has 3 heterocycles. The quantitative estimate of drug-likeness (QED) is 0.692. The number of hydrogen-bond donors (Lipinski definition) is 1. The highest BCUT2D eigenvalue weighted by Crippen LogP contribution is 2.20. The van der Waals surface area contributed by atoms with E-state index in [0.717, 1.165) is 48.0 Å². The average Bonchev–Trinajstić information content (AvgIpc) is 3.38. The standard InChI is InChI=1S/C24H28N4O/c1-18-14-22(19(2)28(18)17-20-8-4-3-5-9-20)24(29)26-16-21-10-11-25-23(15-21)27-12-6-7-13-27/h3-5,8-11,14-15H,6-7,12-13,16-17H2,1-2H3,(H,26,29). The number of anilines is 1. The summed E-state index contributed by atoms with van der Waals surface area (Å²) in [5.74, 6) is 0.979. The first-order valence-corrected chi connectivity index (χ1v) is 10.3. The molecule has 4 rings (SSSR count). The van der Waals surface area contributed by atoms with Crippen molar-refractivity contribution < 1.29 is 4.79 Å². The molecule has 29 heavy (non-hydrogen) atoms. The number of carbonyl (C=O) groups is 1. The van der Waals surface area contributed by atoms with Gasteiger partial charge in [0, 0.05) is 43.8 Å². The van der Waals surface area contributed by atoms with Crippen LogP contribution in [0, 0.1) is 13.8 Å². The zero-order valence-electron chi connectivity index (χ0n) is 17.2. The number of aryl methyl sites for hydroxylation is 1. The Morgan fingerprint density at radius 3 is 2.55 bits per heavy atom. The molecule has 0 aliphatic carbocycles. The number of hydrogen-bond acceptors (Lipinski definition) is 3. The number of aromatic nitrogens is 2. The van der Waals surface area contributed by atoms with E-state index < -0.39 is 0 Å². The molecule has 1 aliphatic rings. The average molecular weight is 389 g/mol. The van der Waals surface area contributed by atoms with E-state index in [9.17, 15) is 4.79 Å². The minimum absolute atomic E-state index is 0.0306. The maximum Gasteiger partial charge on any atom is 0.253 e. The maximum atomic E-state index is 12.8. The molecule has 150 valence electrons. The SMILES string of the molecule is Cc1cc(C(=O)NCc2ccnc(N3CCCC3)c2)c(C)n1Cc1ccccc1. The van der Waals surface area contributed by atoms with Gasteiger partial charge in [0.25, 0.3) is 5.91 Å². The second-order valence-electron chi connectivity index (χ2n) is 7.76. The van der Waals surface area contributed by atoms with Crippen molar-refractivity contribution in [1.82, 2.24) is 14.9 Å². The fourth-order valence-corrected chi connectivity index (χ4v) is 4.01. The molecule has 1 amide bonds. The van der Waals surface area contributed by atoms with E-state index in [1.807, 2.05) is 43.5 Å². The van der Waals surface area contributed by atoms with Crippen molar-refractivity contribution in [3.63, 3.8) is 0 Å². The molecule has 0 radical (unpaired) electrons. The predicted molar refractivity (Wildman–Crippen MR) is 116 cm³/mol. The van der Waals surface area contributed by atoms with Crippen molar-refractivity contribution in [2.24, 2.45) is 0 Å². The molecule has 5 heteroatoms. The summed E-state index contributed by atoms with van der Waals surface area (Å²) < 4.78 is 2.20. The van der Waals surface area contributed by atoms with Crippen molar-refractivity contribution in [2.45, 2.75) is 39.8 Å². The van der Waals surface area contributed by atoms with Gasteiger partial charge in [0.05, 0.1) is 5.56 Å². The van der Waals surface area contributed by atoms with Crippen molar-refractivity contribution in [2.75, 3.05) is 18.0 Å². The molecule has 0 unspecified atom stereocenters. The highest BCUT2D eigenvalue weighted by atomic mass is 16.1. The van der Waals surface area contributed by atoms with E-state index in [0.29, 0.717) is 6.54 Å². The van der Waals surface area contributed by atoms with Gasteiger partial charge >= 0.3 is 0 Å². The molecular weight excluding hydrogens is 360 g/mol. The summed E-state index contributed by atoms with van der Waals surface area (Å²) in [6, 6.07) is 16.4. The highest BCUT2D eigenvalue weighted by Gasteiger charge is 2.17. The summed E-state index contributed by atoms with van der Waals surface area (Å²) in [7, 11) is 0. The Balaban J connectivity index is 1.44. The second-order valence-corrected chi connectivity index (χ2v) is 7.76. The minimum atomic E-state index is -0.0306. The molecule has 0 bridgehead atoms. The Bertz CT molecular complexity index is 987. The largest absolute Gasteiger partial charge is 0.357 e. The number of benzene rings is 1. The van der Waals surface area contributed by atoms with Gasteiger partial charge in [-0.25, -0.2) is 4.98 Å². The third kappa shape index (κ3) is 4.34. The molecule has 1 aliphatic heterocycles. The minimum Gasteiger partial charge on any atom is -0.357 e. The van der Waals surface area contributed by atoms with Crippen LogP contribution in [0.2, 0.25) is 0 Å². The predicted octanol–water partition coefficient (Wildman–Crippen LogP) is 4.08. The van der Waals surface area contributed by atoms with Crippen molar-refractivity contribution in [3.8, 4) is 0 Å². The van der Waals surface area contributed by atoms with Gasteiger partial charge in [0.1, 0.15) is 5.82 Å². The van der Waals surface area contributed by atoms with Gasteiger partial charge in [-0.05, 0) is 56.0 Å². The van der Waals surface area contributed by atoms with E-state index >= 15 is 0 Å². The molecule has 2 aromatic heterocycles. The van der Waals surface area contributed by atoms with Crippen molar-refractivity contribution >= 4 is 11.7 Å². The number of amides is 1. The lowest BCUT2D eigenvalue weighted by Crippen LogP contribution is -2.24. The zero-order chi connectivity index (χ0) is 20.2. The number of carbonyl (C=O) groups excluding carboxylic acids is 1. The topological polar surface area (TPSA) is 50.2 Å². The lowest BCUT2D eigenvalue weighted by atomic mass is 10.2. The number of rotatable bonds is 6. The number of nitrogens with zero attached hydrogens (tertiary/aromatic N) is 3. The van der Waals surface area contributed by atoms with Crippen LogP contribution in [0.3, 0.4) is 0 Å². The monoisotopic (exact) mass is 388 g/mol. The van der Waals surface area contributed by atoms with Gasteiger partial charge in [0.15, 0.2) is 0 Å². The van der Waals surface area contributed by atoms with Crippen LogP contribution in [0.1, 0.15) is 45.7 Å².